The summed E-state index contributed by atoms with van der Waals surface area (Å²) in [6.45, 7) is 2.47. The Morgan fingerprint density at radius 1 is 1.59 bits per heavy atom. The second-order valence-electron chi connectivity index (χ2n) is 3.64. The number of halogens is 2. The largest absolute Gasteiger partial charge is 0.496 e. The van der Waals surface area contributed by atoms with Gasteiger partial charge in [-0.25, -0.2) is 4.39 Å². The van der Waals surface area contributed by atoms with Crippen molar-refractivity contribution < 1.29 is 13.9 Å². The molecule has 0 fully saturated rings. The van der Waals surface area contributed by atoms with Crippen LogP contribution in [0.1, 0.15) is 23.7 Å². The summed E-state index contributed by atoms with van der Waals surface area (Å²) in [5.41, 5.74) is -0.0442. The van der Waals surface area contributed by atoms with E-state index < -0.39 is 11.7 Å². The Morgan fingerprint density at radius 2 is 2.29 bits per heavy atom. The van der Waals surface area contributed by atoms with Gasteiger partial charge in [0.25, 0.3) is 5.91 Å². The first-order valence-corrected chi connectivity index (χ1v) is 6.22. The molecule has 1 rings (SSSR count). The van der Waals surface area contributed by atoms with Gasteiger partial charge in [-0.15, -0.1) is 0 Å². The SMILES string of the molecule is COc1cccc(F)c1C(=O)NCCC(C)Br. The number of carbonyl (C=O) groups is 1. The number of hydrogen-bond acceptors (Lipinski definition) is 2. The summed E-state index contributed by atoms with van der Waals surface area (Å²) in [5.74, 6) is -0.781. The van der Waals surface area contributed by atoms with Crippen LogP contribution in [0.5, 0.6) is 5.75 Å². The third-order valence-corrected chi connectivity index (χ3v) is 2.71. The summed E-state index contributed by atoms with van der Waals surface area (Å²) in [6, 6.07) is 4.31. The number of alkyl halides is 1. The van der Waals surface area contributed by atoms with Crippen LogP contribution in [-0.2, 0) is 0 Å². The highest BCUT2D eigenvalue weighted by Gasteiger charge is 2.16. The highest BCUT2D eigenvalue weighted by molar-refractivity contribution is 9.09. The maximum absolute atomic E-state index is 13.5. The van der Waals surface area contributed by atoms with E-state index in [1.165, 1.54) is 19.2 Å². The van der Waals surface area contributed by atoms with Crippen LogP contribution >= 0.6 is 15.9 Å². The maximum Gasteiger partial charge on any atom is 0.258 e. The van der Waals surface area contributed by atoms with Gasteiger partial charge in [-0.3, -0.25) is 4.79 Å². The molecule has 5 heteroatoms. The van der Waals surface area contributed by atoms with Gasteiger partial charge >= 0.3 is 0 Å². The van der Waals surface area contributed by atoms with Crippen molar-refractivity contribution in [3.8, 4) is 5.75 Å². The van der Waals surface area contributed by atoms with Crippen LogP contribution in [0, 0.1) is 5.82 Å². The number of methoxy groups -OCH3 is 1. The zero-order valence-electron chi connectivity index (χ0n) is 9.80. The summed E-state index contributed by atoms with van der Waals surface area (Å²) in [4.78, 5) is 12.1. The number of hydrogen-bond donors (Lipinski definition) is 1. The molecule has 1 aromatic carbocycles. The average Bonchev–Trinajstić information content (AvgIpc) is 2.27. The Balaban J connectivity index is 2.74. The molecule has 1 aromatic rings. The van der Waals surface area contributed by atoms with Crippen molar-refractivity contribution in [2.45, 2.75) is 18.2 Å². The predicted molar refractivity (Wildman–Crippen MR) is 68.3 cm³/mol. The topological polar surface area (TPSA) is 38.3 Å². The monoisotopic (exact) mass is 303 g/mol. The molecule has 1 atom stereocenters. The Kier molecular flexibility index (Phi) is 5.41. The molecule has 0 bridgehead atoms. The number of benzene rings is 1. The van der Waals surface area contributed by atoms with Crippen LogP contribution in [0.15, 0.2) is 18.2 Å². The van der Waals surface area contributed by atoms with Crippen molar-refractivity contribution in [1.29, 1.82) is 0 Å². The van der Waals surface area contributed by atoms with Crippen LogP contribution < -0.4 is 10.1 Å². The Bertz CT molecular complexity index is 396. The molecular formula is C12H15BrFNO2. The summed E-state index contributed by atoms with van der Waals surface area (Å²) in [6.07, 6.45) is 0.780. The van der Waals surface area contributed by atoms with Gasteiger partial charge in [0, 0.05) is 11.4 Å². The van der Waals surface area contributed by atoms with E-state index in [1.807, 2.05) is 6.92 Å². The van der Waals surface area contributed by atoms with Gasteiger partial charge in [0.05, 0.1) is 7.11 Å². The second-order valence-corrected chi connectivity index (χ2v) is 5.21. The summed E-state index contributed by atoms with van der Waals surface area (Å²) in [5, 5.41) is 2.66. The average molecular weight is 304 g/mol. The molecule has 1 unspecified atom stereocenters. The lowest BCUT2D eigenvalue weighted by molar-refractivity contribution is 0.0946. The number of amides is 1. The molecule has 0 saturated carbocycles. The fourth-order valence-corrected chi connectivity index (χ4v) is 1.60. The normalized spacial score (nSPS) is 12.0. The van der Waals surface area contributed by atoms with Crippen LogP contribution in [0.4, 0.5) is 4.39 Å². The van der Waals surface area contributed by atoms with Gasteiger partial charge < -0.3 is 10.1 Å². The summed E-state index contributed by atoms with van der Waals surface area (Å²) in [7, 11) is 1.41. The first-order chi connectivity index (χ1) is 8.06. The van der Waals surface area contributed by atoms with Gasteiger partial charge in [0.15, 0.2) is 0 Å². The summed E-state index contributed by atoms with van der Waals surface area (Å²) < 4.78 is 18.5. The van der Waals surface area contributed by atoms with Crippen molar-refractivity contribution >= 4 is 21.8 Å². The van der Waals surface area contributed by atoms with Crippen LogP contribution in [0.2, 0.25) is 0 Å². The molecular weight excluding hydrogens is 289 g/mol. The zero-order chi connectivity index (χ0) is 12.8. The quantitative estimate of drug-likeness (QED) is 0.850. The predicted octanol–water partition coefficient (Wildman–Crippen LogP) is 2.74. The number of nitrogens with one attached hydrogen (secondary N) is 1. The molecule has 1 N–H and O–H groups in total. The lowest BCUT2D eigenvalue weighted by Gasteiger charge is -2.10. The van der Waals surface area contributed by atoms with E-state index in [-0.39, 0.29) is 11.3 Å². The first kappa shape index (κ1) is 14.0. The number of carbonyl (C=O) groups excluding carboxylic acids is 1. The smallest absolute Gasteiger partial charge is 0.258 e. The third-order valence-electron chi connectivity index (χ3n) is 2.25. The molecule has 0 aliphatic heterocycles. The molecule has 0 heterocycles. The van der Waals surface area contributed by atoms with E-state index in [4.69, 9.17) is 4.74 Å². The van der Waals surface area contributed by atoms with Gasteiger partial charge in [-0.05, 0) is 18.6 Å². The molecule has 17 heavy (non-hydrogen) atoms. The third kappa shape index (κ3) is 4.00. The van der Waals surface area contributed by atoms with Gasteiger partial charge in [0.1, 0.15) is 17.1 Å². The number of ether oxygens (including phenoxy) is 1. The van der Waals surface area contributed by atoms with Crippen LogP contribution in [0.3, 0.4) is 0 Å². The molecule has 0 saturated heterocycles. The van der Waals surface area contributed by atoms with Crippen molar-refractivity contribution in [3.05, 3.63) is 29.6 Å². The molecule has 0 radical (unpaired) electrons. The standard InChI is InChI=1S/C12H15BrFNO2/c1-8(13)6-7-15-12(16)11-9(14)4-3-5-10(11)17-2/h3-5,8H,6-7H2,1-2H3,(H,15,16). The fourth-order valence-electron chi connectivity index (χ4n) is 1.37. The molecule has 1 amide bonds. The van der Waals surface area contributed by atoms with Crippen LogP contribution in [-0.4, -0.2) is 24.4 Å². The Hall–Kier alpha value is -1.10. The van der Waals surface area contributed by atoms with Crippen molar-refractivity contribution in [3.63, 3.8) is 0 Å². The lowest BCUT2D eigenvalue weighted by atomic mass is 10.1. The van der Waals surface area contributed by atoms with Gasteiger partial charge in [0.2, 0.25) is 0 Å². The van der Waals surface area contributed by atoms with E-state index in [0.717, 1.165) is 6.42 Å². The van der Waals surface area contributed by atoms with Crippen LogP contribution in [0.25, 0.3) is 0 Å². The molecule has 0 aromatic heterocycles. The Labute approximate surface area is 108 Å². The van der Waals surface area contributed by atoms with Crippen molar-refractivity contribution in [1.82, 2.24) is 5.32 Å². The van der Waals surface area contributed by atoms with Crippen molar-refractivity contribution in [2.24, 2.45) is 0 Å². The van der Waals surface area contributed by atoms with Gasteiger partial charge in [-0.2, -0.15) is 0 Å². The minimum atomic E-state index is -0.575. The zero-order valence-corrected chi connectivity index (χ0v) is 11.4. The first-order valence-electron chi connectivity index (χ1n) is 5.31. The number of rotatable bonds is 5. The molecule has 3 nitrogen and oxygen atoms in total. The minimum absolute atomic E-state index is 0.0442. The molecule has 0 spiro atoms. The molecule has 0 aliphatic rings. The van der Waals surface area contributed by atoms with E-state index in [9.17, 15) is 9.18 Å². The Morgan fingerprint density at radius 3 is 2.88 bits per heavy atom. The van der Waals surface area contributed by atoms with E-state index in [2.05, 4.69) is 21.2 Å². The lowest BCUT2D eigenvalue weighted by Crippen LogP contribution is -2.27. The van der Waals surface area contributed by atoms with E-state index >= 15 is 0 Å². The van der Waals surface area contributed by atoms with E-state index in [0.29, 0.717) is 11.4 Å². The van der Waals surface area contributed by atoms with Gasteiger partial charge in [-0.1, -0.05) is 28.9 Å². The highest BCUT2D eigenvalue weighted by atomic mass is 79.9. The van der Waals surface area contributed by atoms with E-state index in [1.54, 1.807) is 6.07 Å². The fraction of sp³-hybridized carbons (Fsp3) is 0.417. The molecule has 0 aliphatic carbocycles. The van der Waals surface area contributed by atoms with Crippen molar-refractivity contribution in [2.75, 3.05) is 13.7 Å². The summed E-state index contributed by atoms with van der Waals surface area (Å²) >= 11 is 3.37. The second kappa shape index (κ2) is 6.59. The highest BCUT2D eigenvalue weighted by Crippen LogP contribution is 2.20. The molecule has 94 valence electrons. The minimum Gasteiger partial charge on any atom is -0.496 e. The maximum atomic E-state index is 13.5.